The van der Waals surface area contributed by atoms with E-state index in [-0.39, 0.29) is 10.9 Å². The quantitative estimate of drug-likeness (QED) is 0.745. The molecule has 12 heavy (non-hydrogen) atoms. The van der Waals surface area contributed by atoms with E-state index in [2.05, 4.69) is 33.3 Å². The van der Waals surface area contributed by atoms with Crippen LogP contribution in [0.5, 0.6) is 0 Å². The van der Waals surface area contributed by atoms with Gasteiger partial charge in [-0.2, -0.15) is 0 Å². The molecule has 0 amide bonds. The predicted octanol–water partition coefficient (Wildman–Crippen LogP) is 2.13. The molecule has 2 N–H and O–H groups in total. The molecule has 0 radical (unpaired) electrons. The Morgan fingerprint density at radius 1 is 1.33 bits per heavy atom. The number of hydrogen-bond acceptors (Lipinski definition) is 2. The summed E-state index contributed by atoms with van der Waals surface area (Å²) in [4.78, 5) is 0. The average molecular weight is 193 g/mol. The average Bonchev–Trinajstić information content (AvgIpc) is 1.84. The van der Waals surface area contributed by atoms with Crippen molar-refractivity contribution < 1.29 is 4.18 Å². The molecule has 76 valence electrons. The number of hydrogen-bond donors (Lipinski definition) is 1. The van der Waals surface area contributed by atoms with Gasteiger partial charge in [0.1, 0.15) is 0 Å². The van der Waals surface area contributed by atoms with Gasteiger partial charge in [0, 0.05) is 11.3 Å². The van der Waals surface area contributed by atoms with Crippen LogP contribution in [0.1, 0.15) is 27.7 Å². The molecule has 0 fully saturated rings. The zero-order valence-corrected chi connectivity index (χ0v) is 9.99. The lowest BCUT2D eigenvalue weighted by Gasteiger charge is -2.45. The fraction of sp³-hybridized carbons (Fsp3) is 1.00. The summed E-state index contributed by atoms with van der Waals surface area (Å²) in [6, 6.07) is 0. The Morgan fingerprint density at radius 3 is 2.00 bits per heavy atom. The van der Waals surface area contributed by atoms with Gasteiger partial charge in [0.05, 0.1) is 6.10 Å². The van der Waals surface area contributed by atoms with Crippen LogP contribution in [0.15, 0.2) is 0 Å². The molecule has 0 aliphatic heterocycles. The maximum atomic E-state index is 5.91. The fourth-order valence-electron chi connectivity index (χ4n) is 0.594. The second-order valence-corrected chi connectivity index (χ2v) is 8.37. The van der Waals surface area contributed by atoms with E-state index in [9.17, 15) is 0 Å². The van der Waals surface area contributed by atoms with Crippen LogP contribution in [0, 0.1) is 0 Å². The number of nitrogens with two attached hydrogens (primary N) is 1. The zero-order valence-electron chi connectivity index (χ0n) is 9.18. The molecule has 1 atom stereocenters. The van der Waals surface area contributed by atoms with Crippen LogP contribution in [0.3, 0.4) is 0 Å². The fourth-order valence-corrected chi connectivity index (χ4v) is 1.78. The summed E-state index contributed by atoms with van der Waals surface area (Å²) < 4.78 is 6.14. The zero-order chi connectivity index (χ0) is 9.99. The maximum absolute atomic E-state index is 5.91. The third-order valence-corrected chi connectivity index (χ3v) is 5.97. The minimum Gasteiger partial charge on any atom is -0.332 e. The van der Waals surface area contributed by atoms with Crippen molar-refractivity contribution in [1.29, 1.82) is 0 Å². The van der Waals surface area contributed by atoms with Crippen molar-refractivity contribution in [2.75, 3.05) is 19.1 Å². The Bertz CT molecular complexity index is 140. The van der Waals surface area contributed by atoms with Crippen LogP contribution in [-0.2, 0) is 4.18 Å². The summed E-state index contributed by atoms with van der Waals surface area (Å²) in [5, 5.41) is 0. The molecule has 3 heteroatoms. The molecule has 0 bridgehead atoms. The summed E-state index contributed by atoms with van der Waals surface area (Å²) in [5.41, 5.74) is 5.51. The highest BCUT2D eigenvalue weighted by atomic mass is 32.3. The topological polar surface area (TPSA) is 35.2 Å². The molecule has 0 aromatic carbocycles. The lowest BCUT2D eigenvalue weighted by Crippen LogP contribution is -2.30. The van der Waals surface area contributed by atoms with Gasteiger partial charge in [0.2, 0.25) is 0 Å². The van der Waals surface area contributed by atoms with Gasteiger partial charge >= 0.3 is 0 Å². The Kier molecular flexibility index (Phi) is 4.08. The summed E-state index contributed by atoms with van der Waals surface area (Å²) in [6.07, 6.45) is 4.56. The lowest BCUT2D eigenvalue weighted by molar-refractivity contribution is 0.256. The van der Waals surface area contributed by atoms with E-state index in [1.807, 2.05) is 6.92 Å². The van der Waals surface area contributed by atoms with Gasteiger partial charge in [0.15, 0.2) is 0 Å². The summed E-state index contributed by atoms with van der Waals surface area (Å²) in [5.74, 6) is 0. The van der Waals surface area contributed by atoms with Crippen molar-refractivity contribution in [1.82, 2.24) is 0 Å². The third kappa shape index (κ3) is 3.33. The van der Waals surface area contributed by atoms with E-state index in [1.54, 1.807) is 0 Å². The molecule has 0 aliphatic rings. The first-order valence-electron chi connectivity index (χ1n) is 4.32. The van der Waals surface area contributed by atoms with E-state index < -0.39 is 10.3 Å². The van der Waals surface area contributed by atoms with Gasteiger partial charge < -0.3 is 9.92 Å². The molecular weight excluding hydrogens is 170 g/mol. The largest absolute Gasteiger partial charge is 0.332 e. The monoisotopic (exact) mass is 193 g/mol. The molecule has 0 aromatic rings. The highest BCUT2D eigenvalue weighted by molar-refractivity contribution is 8.29. The standard InChI is InChI=1S/C9H23NOS/c1-8(7-10)11-12(5,6)9(2,3)4/h8H,7,10H2,1-6H3. The van der Waals surface area contributed by atoms with Gasteiger partial charge in [-0.3, -0.25) is 0 Å². The van der Waals surface area contributed by atoms with Gasteiger partial charge in [-0.15, -0.1) is 10.3 Å². The molecule has 1 unspecified atom stereocenters. The molecule has 0 aromatic heterocycles. The third-order valence-electron chi connectivity index (χ3n) is 2.21. The van der Waals surface area contributed by atoms with Crippen molar-refractivity contribution in [3.8, 4) is 0 Å². The van der Waals surface area contributed by atoms with Crippen LogP contribution in [0.25, 0.3) is 0 Å². The highest BCUT2D eigenvalue weighted by Crippen LogP contribution is 2.54. The first-order chi connectivity index (χ1) is 5.20. The van der Waals surface area contributed by atoms with Gasteiger partial charge in [-0.05, 0) is 19.4 Å². The summed E-state index contributed by atoms with van der Waals surface area (Å²) in [7, 11) is -0.989. The van der Waals surface area contributed by atoms with Crippen molar-refractivity contribution in [2.24, 2.45) is 5.73 Å². The molecular formula is C9H23NOS. The smallest absolute Gasteiger partial charge is 0.0794 e. The van der Waals surface area contributed by atoms with Crippen molar-refractivity contribution in [3.63, 3.8) is 0 Å². The van der Waals surface area contributed by atoms with Crippen molar-refractivity contribution in [2.45, 2.75) is 38.5 Å². The van der Waals surface area contributed by atoms with E-state index in [0.717, 1.165) is 0 Å². The maximum Gasteiger partial charge on any atom is 0.0794 e. The highest BCUT2D eigenvalue weighted by Gasteiger charge is 2.29. The Labute approximate surface area is 78.4 Å². The molecule has 2 nitrogen and oxygen atoms in total. The molecule has 0 rings (SSSR count). The molecule has 0 saturated carbocycles. The molecule has 0 aliphatic carbocycles. The molecule has 0 spiro atoms. The Hall–Kier alpha value is 0.270. The predicted molar refractivity (Wildman–Crippen MR) is 58.8 cm³/mol. The first kappa shape index (κ1) is 12.3. The SMILES string of the molecule is CC(CN)OS(C)(C)C(C)(C)C. The van der Waals surface area contributed by atoms with Gasteiger partial charge in [-0.25, -0.2) is 0 Å². The Balaban J connectivity index is 4.22. The van der Waals surface area contributed by atoms with Crippen LogP contribution in [0.2, 0.25) is 0 Å². The van der Waals surface area contributed by atoms with E-state index in [4.69, 9.17) is 9.92 Å². The molecule has 0 saturated heterocycles. The number of rotatable bonds is 3. The van der Waals surface area contributed by atoms with Crippen LogP contribution >= 0.6 is 10.3 Å². The lowest BCUT2D eigenvalue weighted by atomic mass is 10.3. The van der Waals surface area contributed by atoms with E-state index >= 15 is 0 Å². The first-order valence-corrected chi connectivity index (χ1v) is 6.69. The normalized spacial score (nSPS) is 17.6. The van der Waals surface area contributed by atoms with Crippen LogP contribution in [-0.4, -0.2) is 29.9 Å². The van der Waals surface area contributed by atoms with Crippen molar-refractivity contribution >= 4 is 10.3 Å². The van der Waals surface area contributed by atoms with Crippen molar-refractivity contribution in [3.05, 3.63) is 0 Å². The summed E-state index contributed by atoms with van der Waals surface area (Å²) >= 11 is 0. The molecule has 0 heterocycles. The van der Waals surface area contributed by atoms with Crippen LogP contribution in [0.4, 0.5) is 0 Å². The summed E-state index contributed by atoms with van der Waals surface area (Å²) in [6.45, 7) is 9.27. The minimum absolute atomic E-state index is 0.175. The van der Waals surface area contributed by atoms with E-state index in [1.165, 1.54) is 0 Å². The Morgan fingerprint density at radius 2 is 1.75 bits per heavy atom. The second-order valence-electron chi connectivity index (χ2n) is 4.49. The van der Waals surface area contributed by atoms with Gasteiger partial charge in [-0.1, -0.05) is 20.8 Å². The van der Waals surface area contributed by atoms with E-state index in [0.29, 0.717) is 6.54 Å². The second kappa shape index (κ2) is 3.99. The minimum atomic E-state index is -0.989. The van der Waals surface area contributed by atoms with Gasteiger partial charge in [0.25, 0.3) is 0 Å². The van der Waals surface area contributed by atoms with Crippen LogP contribution < -0.4 is 5.73 Å².